The molecule has 1 heterocycles. The van der Waals surface area contributed by atoms with Gasteiger partial charge in [-0.25, -0.2) is 4.79 Å². The quantitative estimate of drug-likeness (QED) is 0.865. The molecule has 0 spiro atoms. The van der Waals surface area contributed by atoms with Crippen LogP contribution in [0.2, 0.25) is 0 Å². The molecule has 5 heteroatoms. The third kappa shape index (κ3) is 3.45. The predicted octanol–water partition coefficient (Wildman–Crippen LogP) is 1.49. The fourth-order valence-corrected chi connectivity index (χ4v) is 1.57. The zero-order chi connectivity index (χ0) is 14.8. The van der Waals surface area contributed by atoms with Crippen molar-refractivity contribution in [2.24, 2.45) is 0 Å². The van der Waals surface area contributed by atoms with Crippen molar-refractivity contribution in [3.63, 3.8) is 0 Å². The summed E-state index contributed by atoms with van der Waals surface area (Å²) in [6, 6.07) is 1.58. The van der Waals surface area contributed by atoms with Crippen LogP contribution in [0.15, 0.2) is 21.4 Å². The Bertz CT molecular complexity index is 537. The number of hydrogen-bond acceptors (Lipinski definition) is 5. The lowest BCUT2D eigenvalue weighted by Crippen LogP contribution is -2.34. The van der Waals surface area contributed by atoms with Gasteiger partial charge < -0.3 is 19.4 Å². The number of aliphatic hydroxyl groups excluding tert-OH is 1. The monoisotopic (exact) mass is 268 g/mol. The van der Waals surface area contributed by atoms with Gasteiger partial charge in [0.05, 0.1) is 18.8 Å². The summed E-state index contributed by atoms with van der Waals surface area (Å²) < 4.78 is 10.2. The largest absolute Gasteiger partial charge is 0.496 e. The maximum Gasteiger partial charge on any atom is 0.342 e. The molecule has 1 aromatic heterocycles. The summed E-state index contributed by atoms with van der Waals surface area (Å²) in [6.07, 6.45) is 0.506. The van der Waals surface area contributed by atoms with E-state index in [-0.39, 0.29) is 0 Å². The van der Waals surface area contributed by atoms with Gasteiger partial charge in [0.25, 0.3) is 0 Å². The molecule has 0 aliphatic carbocycles. The summed E-state index contributed by atoms with van der Waals surface area (Å²) in [5, 5.41) is 19.5. The minimum atomic E-state index is -1.40. The van der Waals surface area contributed by atoms with Crippen LogP contribution in [0.3, 0.4) is 0 Å². The van der Waals surface area contributed by atoms with Gasteiger partial charge in [-0.15, -0.1) is 0 Å². The zero-order valence-corrected chi connectivity index (χ0v) is 11.9. The molecule has 106 valence electrons. The minimum Gasteiger partial charge on any atom is -0.496 e. The average molecular weight is 268 g/mol. The summed E-state index contributed by atoms with van der Waals surface area (Å²) in [7, 11) is 1.47. The number of aliphatic hydroxyl groups is 2. The summed E-state index contributed by atoms with van der Waals surface area (Å²) >= 11 is 0. The van der Waals surface area contributed by atoms with E-state index in [0.717, 1.165) is 0 Å². The molecule has 0 aliphatic heterocycles. The minimum absolute atomic E-state index is 0.299. The molecule has 0 radical (unpaired) electrons. The Morgan fingerprint density at radius 1 is 1.58 bits per heavy atom. The van der Waals surface area contributed by atoms with Crippen LogP contribution in [0.4, 0.5) is 0 Å². The smallest absolute Gasteiger partial charge is 0.342 e. The molecule has 0 saturated heterocycles. The standard InChI is InChI=1S/C14H20O5/c1-8(7-14(4,17)10(3)15)11-6-12(18-5)9(2)13(16)19-11/h6-7,10,15,17H,1-5H3. The first-order valence-corrected chi connectivity index (χ1v) is 5.98. The van der Waals surface area contributed by atoms with Crippen LogP contribution in [0.25, 0.3) is 5.57 Å². The summed E-state index contributed by atoms with van der Waals surface area (Å²) in [4.78, 5) is 11.6. The first-order chi connectivity index (χ1) is 8.69. The topological polar surface area (TPSA) is 79.9 Å². The van der Waals surface area contributed by atoms with Gasteiger partial charge in [-0.2, -0.15) is 0 Å². The first-order valence-electron chi connectivity index (χ1n) is 5.98. The fraction of sp³-hybridized carbons (Fsp3) is 0.500. The number of hydrogen-bond donors (Lipinski definition) is 2. The van der Waals surface area contributed by atoms with E-state index >= 15 is 0 Å². The van der Waals surface area contributed by atoms with Gasteiger partial charge in [0.15, 0.2) is 0 Å². The highest BCUT2D eigenvalue weighted by molar-refractivity contribution is 5.61. The highest BCUT2D eigenvalue weighted by atomic mass is 16.5. The molecule has 0 bridgehead atoms. The highest BCUT2D eigenvalue weighted by Crippen LogP contribution is 2.24. The van der Waals surface area contributed by atoms with E-state index in [0.29, 0.717) is 22.6 Å². The van der Waals surface area contributed by atoms with Crippen molar-refractivity contribution in [1.29, 1.82) is 0 Å². The van der Waals surface area contributed by atoms with Gasteiger partial charge >= 0.3 is 5.63 Å². The molecule has 0 aliphatic rings. The van der Waals surface area contributed by atoms with Crippen LogP contribution in [0.1, 0.15) is 32.1 Å². The van der Waals surface area contributed by atoms with Crippen LogP contribution in [-0.2, 0) is 0 Å². The Morgan fingerprint density at radius 3 is 2.63 bits per heavy atom. The Hall–Kier alpha value is -1.59. The molecule has 0 saturated carbocycles. The molecule has 0 fully saturated rings. The van der Waals surface area contributed by atoms with E-state index < -0.39 is 17.3 Å². The maximum absolute atomic E-state index is 11.6. The van der Waals surface area contributed by atoms with Crippen LogP contribution in [0.5, 0.6) is 5.75 Å². The van der Waals surface area contributed by atoms with Gasteiger partial charge in [-0.3, -0.25) is 0 Å². The average Bonchev–Trinajstić information content (AvgIpc) is 2.31. The van der Waals surface area contributed by atoms with Crippen LogP contribution in [0, 0.1) is 6.92 Å². The van der Waals surface area contributed by atoms with Crippen molar-refractivity contribution < 1.29 is 19.4 Å². The molecular formula is C14H20O5. The van der Waals surface area contributed by atoms with Crippen LogP contribution < -0.4 is 10.4 Å². The van der Waals surface area contributed by atoms with Gasteiger partial charge in [0, 0.05) is 6.07 Å². The molecule has 2 N–H and O–H groups in total. The fourth-order valence-electron chi connectivity index (χ4n) is 1.57. The number of methoxy groups -OCH3 is 1. The first kappa shape index (κ1) is 15.5. The van der Waals surface area contributed by atoms with Crippen LogP contribution >= 0.6 is 0 Å². The van der Waals surface area contributed by atoms with Crippen molar-refractivity contribution >= 4 is 5.57 Å². The second kappa shape index (κ2) is 5.59. The number of rotatable bonds is 4. The molecule has 1 rings (SSSR count). The molecule has 0 aromatic carbocycles. The van der Waals surface area contributed by atoms with Crippen molar-refractivity contribution in [1.82, 2.24) is 0 Å². The number of allylic oxidation sites excluding steroid dienone is 1. The van der Waals surface area contributed by atoms with Gasteiger partial charge in [0.2, 0.25) is 0 Å². The van der Waals surface area contributed by atoms with E-state index in [2.05, 4.69) is 0 Å². The second-order valence-corrected chi connectivity index (χ2v) is 4.82. The Kier molecular flexibility index (Phi) is 4.55. The molecule has 2 atom stereocenters. The van der Waals surface area contributed by atoms with E-state index in [9.17, 15) is 15.0 Å². The summed E-state index contributed by atoms with van der Waals surface area (Å²) in [5.41, 5.74) is -0.956. The second-order valence-electron chi connectivity index (χ2n) is 4.82. The maximum atomic E-state index is 11.6. The van der Waals surface area contributed by atoms with E-state index in [1.165, 1.54) is 27.0 Å². The van der Waals surface area contributed by atoms with Crippen molar-refractivity contribution in [3.8, 4) is 5.75 Å². The lowest BCUT2D eigenvalue weighted by molar-refractivity contribution is -0.0149. The lowest BCUT2D eigenvalue weighted by Gasteiger charge is -2.23. The Morgan fingerprint density at radius 2 is 2.16 bits per heavy atom. The van der Waals surface area contributed by atoms with E-state index in [1.54, 1.807) is 19.9 Å². The molecule has 2 unspecified atom stereocenters. The highest BCUT2D eigenvalue weighted by Gasteiger charge is 2.24. The predicted molar refractivity (Wildman–Crippen MR) is 72.2 cm³/mol. The summed E-state index contributed by atoms with van der Waals surface area (Å²) in [5.74, 6) is 0.726. The Balaban J connectivity index is 3.28. The van der Waals surface area contributed by atoms with Crippen molar-refractivity contribution in [3.05, 3.63) is 33.9 Å². The van der Waals surface area contributed by atoms with Crippen LogP contribution in [-0.4, -0.2) is 29.0 Å². The van der Waals surface area contributed by atoms with E-state index in [4.69, 9.17) is 9.15 Å². The Labute approximate surface area is 112 Å². The lowest BCUT2D eigenvalue weighted by atomic mass is 9.96. The molecule has 1 aromatic rings. The number of ether oxygens (including phenoxy) is 1. The third-order valence-corrected chi connectivity index (χ3v) is 3.10. The van der Waals surface area contributed by atoms with Gasteiger partial charge in [-0.05, 0) is 39.3 Å². The van der Waals surface area contributed by atoms with Gasteiger partial charge in [-0.1, -0.05) is 0 Å². The molecule has 19 heavy (non-hydrogen) atoms. The third-order valence-electron chi connectivity index (χ3n) is 3.10. The normalized spacial score (nSPS) is 16.9. The van der Waals surface area contributed by atoms with E-state index in [1.807, 2.05) is 0 Å². The molecule has 5 nitrogen and oxygen atoms in total. The molecule has 0 amide bonds. The van der Waals surface area contributed by atoms with Crippen molar-refractivity contribution in [2.45, 2.75) is 39.4 Å². The van der Waals surface area contributed by atoms with Crippen molar-refractivity contribution in [2.75, 3.05) is 7.11 Å². The zero-order valence-electron chi connectivity index (χ0n) is 11.9. The van der Waals surface area contributed by atoms with Gasteiger partial charge in [0.1, 0.15) is 17.1 Å². The SMILES string of the molecule is COc1cc(C(C)=CC(C)(O)C(C)O)oc(=O)c1C. The molecular weight excluding hydrogens is 248 g/mol. The summed E-state index contributed by atoms with van der Waals surface area (Å²) in [6.45, 7) is 6.25.